The average molecular weight is 385 g/mol. The zero-order valence-corrected chi connectivity index (χ0v) is 16.1. The molecule has 1 aromatic heterocycles. The number of aliphatic hydroxyl groups is 1. The van der Waals surface area contributed by atoms with Crippen molar-refractivity contribution in [2.45, 2.75) is 26.4 Å². The van der Waals surface area contributed by atoms with E-state index >= 15 is 0 Å². The predicted octanol–water partition coefficient (Wildman–Crippen LogP) is 3.37. The van der Waals surface area contributed by atoms with E-state index in [1.165, 1.54) is 18.5 Å². The summed E-state index contributed by atoms with van der Waals surface area (Å²) in [5.41, 5.74) is 1.91. The first kappa shape index (κ1) is 19.8. The fourth-order valence-electron chi connectivity index (χ4n) is 3.27. The predicted molar refractivity (Wildman–Crippen MR) is 105 cm³/mol. The van der Waals surface area contributed by atoms with Gasteiger partial charge in [0.15, 0.2) is 0 Å². The minimum Gasteiger partial charge on any atom is -0.497 e. The fraction of sp³-hybridized carbons (Fsp3) is 0.333. The van der Waals surface area contributed by atoms with E-state index in [-0.39, 0.29) is 30.5 Å². The molecule has 2 N–H and O–H groups in total. The standard InChI is InChI=1S/C21H24FN3O3/c1-13(2)19(11-26)25(10-14-4-6-16(28-3)7-5-14)21(27)17-8-15(22)9-18-20(17)24-12-23-18/h4-9,12-13,19,26H,10-11H2,1-3H3,(H,23,24)/t19-/m1/s1. The molecule has 1 amide bonds. The Bertz CT molecular complexity index is 953. The first-order valence-electron chi connectivity index (χ1n) is 9.12. The van der Waals surface area contributed by atoms with Gasteiger partial charge < -0.3 is 19.7 Å². The summed E-state index contributed by atoms with van der Waals surface area (Å²) in [4.78, 5) is 22.0. The smallest absolute Gasteiger partial charge is 0.256 e. The second kappa shape index (κ2) is 8.39. The Morgan fingerprint density at radius 2 is 2.00 bits per heavy atom. The van der Waals surface area contributed by atoms with Gasteiger partial charge in [0.2, 0.25) is 0 Å². The van der Waals surface area contributed by atoms with E-state index in [2.05, 4.69) is 9.97 Å². The van der Waals surface area contributed by atoms with Gasteiger partial charge in [-0.15, -0.1) is 0 Å². The van der Waals surface area contributed by atoms with Crippen LogP contribution >= 0.6 is 0 Å². The molecular formula is C21H24FN3O3. The van der Waals surface area contributed by atoms with E-state index in [1.54, 1.807) is 12.0 Å². The molecule has 7 heteroatoms. The highest BCUT2D eigenvalue weighted by molar-refractivity contribution is 6.05. The highest BCUT2D eigenvalue weighted by Crippen LogP contribution is 2.24. The number of hydrogen-bond donors (Lipinski definition) is 2. The Morgan fingerprint density at radius 1 is 1.29 bits per heavy atom. The van der Waals surface area contributed by atoms with Crippen molar-refractivity contribution in [3.05, 3.63) is 59.7 Å². The molecule has 0 bridgehead atoms. The third kappa shape index (κ3) is 3.99. The van der Waals surface area contributed by atoms with Gasteiger partial charge in [0.1, 0.15) is 17.1 Å². The lowest BCUT2D eigenvalue weighted by Crippen LogP contribution is -2.45. The minimum atomic E-state index is -0.519. The van der Waals surface area contributed by atoms with Crippen molar-refractivity contribution in [3.8, 4) is 5.75 Å². The van der Waals surface area contributed by atoms with Gasteiger partial charge in [-0.1, -0.05) is 26.0 Å². The molecule has 0 saturated carbocycles. The number of benzene rings is 2. The minimum absolute atomic E-state index is 0.00966. The van der Waals surface area contributed by atoms with Crippen LogP contribution < -0.4 is 4.74 Å². The molecule has 148 valence electrons. The van der Waals surface area contributed by atoms with E-state index < -0.39 is 11.9 Å². The average Bonchev–Trinajstić information content (AvgIpc) is 3.15. The Morgan fingerprint density at radius 3 is 2.61 bits per heavy atom. The number of methoxy groups -OCH3 is 1. The molecule has 1 heterocycles. The highest BCUT2D eigenvalue weighted by atomic mass is 19.1. The number of nitrogens with one attached hydrogen (secondary N) is 1. The van der Waals surface area contributed by atoms with Crippen LogP contribution in [0.4, 0.5) is 4.39 Å². The molecule has 0 unspecified atom stereocenters. The summed E-state index contributed by atoms with van der Waals surface area (Å²) >= 11 is 0. The van der Waals surface area contributed by atoms with Crippen molar-refractivity contribution in [2.75, 3.05) is 13.7 Å². The lowest BCUT2D eigenvalue weighted by Gasteiger charge is -2.33. The lowest BCUT2D eigenvalue weighted by atomic mass is 10.0. The maximum absolute atomic E-state index is 14.1. The van der Waals surface area contributed by atoms with E-state index in [1.807, 2.05) is 38.1 Å². The molecule has 0 radical (unpaired) electrons. The summed E-state index contributed by atoms with van der Waals surface area (Å²) < 4.78 is 19.2. The molecule has 0 aliphatic rings. The van der Waals surface area contributed by atoms with Gasteiger partial charge in [-0.3, -0.25) is 4.79 Å². The van der Waals surface area contributed by atoms with E-state index in [0.29, 0.717) is 16.8 Å². The van der Waals surface area contributed by atoms with Crippen LogP contribution in [0.5, 0.6) is 5.75 Å². The maximum Gasteiger partial charge on any atom is 0.256 e. The van der Waals surface area contributed by atoms with Crippen LogP contribution in [0.25, 0.3) is 11.0 Å². The lowest BCUT2D eigenvalue weighted by molar-refractivity contribution is 0.0483. The largest absolute Gasteiger partial charge is 0.497 e. The number of amides is 1. The third-order valence-electron chi connectivity index (χ3n) is 4.85. The number of rotatable bonds is 7. The summed E-state index contributed by atoms with van der Waals surface area (Å²) in [6, 6.07) is 9.44. The number of halogens is 1. The summed E-state index contributed by atoms with van der Waals surface area (Å²) in [6.45, 7) is 3.95. The third-order valence-corrected chi connectivity index (χ3v) is 4.85. The molecule has 0 saturated heterocycles. The van der Waals surface area contributed by atoms with Crippen molar-refractivity contribution in [2.24, 2.45) is 5.92 Å². The number of carbonyl (C=O) groups is 1. The van der Waals surface area contributed by atoms with Gasteiger partial charge >= 0.3 is 0 Å². The van der Waals surface area contributed by atoms with E-state index in [0.717, 1.165) is 5.56 Å². The van der Waals surface area contributed by atoms with Gasteiger partial charge in [-0.2, -0.15) is 0 Å². The monoisotopic (exact) mass is 385 g/mol. The first-order valence-corrected chi connectivity index (χ1v) is 9.12. The zero-order chi connectivity index (χ0) is 20.3. The summed E-state index contributed by atoms with van der Waals surface area (Å²) in [5, 5.41) is 9.94. The molecule has 1 atom stereocenters. The summed E-state index contributed by atoms with van der Waals surface area (Å²) in [6.07, 6.45) is 1.43. The van der Waals surface area contributed by atoms with Gasteiger partial charge in [0.25, 0.3) is 5.91 Å². The fourth-order valence-corrected chi connectivity index (χ4v) is 3.27. The number of aromatic nitrogens is 2. The molecule has 2 aromatic carbocycles. The van der Waals surface area contributed by atoms with Crippen LogP contribution in [0.2, 0.25) is 0 Å². The zero-order valence-electron chi connectivity index (χ0n) is 16.1. The number of aliphatic hydroxyl groups excluding tert-OH is 1. The second-order valence-electron chi connectivity index (χ2n) is 7.03. The molecule has 3 aromatic rings. The Kier molecular flexibility index (Phi) is 5.94. The summed E-state index contributed by atoms with van der Waals surface area (Å²) in [7, 11) is 1.59. The van der Waals surface area contributed by atoms with Crippen LogP contribution in [0, 0.1) is 11.7 Å². The molecule has 6 nitrogen and oxygen atoms in total. The second-order valence-corrected chi connectivity index (χ2v) is 7.03. The summed E-state index contributed by atoms with van der Waals surface area (Å²) in [5.74, 6) is -0.169. The van der Waals surface area contributed by atoms with Crippen LogP contribution in [0.3, 0.4) is 0 Å². The Balaban J connectivity index is 2.01. The van der Waals surface area contributed by atoms with Crippen molar-refractivity contribution in [1.29, 1.82) is 0 Å². The Labute approximate surface area is 163 Å². The van der Waals surface area contributed by atoms with Crippen LogP contribution in [0.1, 0.15) is 29.8 Å². The highest BCUT2D eigenvalue weighted by Gasteiger charge is 2.29. The normalized spacial score (nSPS) is 12.4. The first-order chi connectivity index (χ1) is 13.4. The van der Waals surface area contributed by atoms with E-state index in [9.17, 15) is 14.3 Å². The number of aromatic amines is 1. The van der Waals surface area contributed by atoms with Crippen LogP contribution in [-0.4, -0.2) is 45.6 Å². The molecule has 28 heavy (non-hydrogen) atoms. The van der Waals surface area contributed by atoms with Gasteiger partial charge in [-0.25, -0.2) is 9.37 Å². The SMILES string of the molecule is COc1ccc(CN(C(=O)c2cc(F)cc3[nH]cnc23)[C@H](CO)C(C)C)cc1. The van der Waals surface area contributed by atoms with Gasteiger partial charge in [0.05, 0.1) is 37.2 Å². The molecule has 3 rings (SSSR count). The maximum atomic E-state index is 14.1. The van der Waals surface area contributed by atoms with Gasteiger partial charge in [0, 0.05) is 6.54 Å². The number of nitrogens with zero attached hydrogens (tertiary/aromatic N) is 2. The molecule has 0 aliphatic carbocycles. The molecular weight excluding hydrogens is 361 g/mol. The Hall–Kier alpha value is -2.93. The molecule has 0 fully saturated rings. The van der Waals surface area contributed by atoms with E-state index in [4.69, 9.17) is 4.74 Å². The molecule has 0 spiro atoms. The van der Waals surface area contributed by atoms with Crippen LogP contribution in [-0.2, 0) is 6.54 Å². The van der Waals surface area contributed by atoms with Crippen molar-refractivity contribution in [3.63, 3.8) is 0 Å². The molecule has 0 aliphatic heterocycles. The van der Waals surface area contributed by atoms with Crippen molar-refractivity contribution >= 4 is 16.9 Å². The number of ether oxygens (including phenoxy) is 1. The number of hydrogen-bond acceptors (Lipinski definition) is 4. The van der Waals surface area contributed by atoms with Crippen molar-refractivity contribution < 1.29 is 19.0 Å². The number of carbonyl (C=O) groups excluding carboxylic acids is 1. The number of imidazole rings is 1. The van der Waals surface area contributed by atoms with Crippen LogP contribution in [0.15, 0.2) is 42.7 Å². The quantitative estimate of drug-likeness (QED) is 0.654. The van der Waals surface area contributed by atoms with Crippen molar-refractivity contribution in [1.82, 2.24) is 14.9 Å². The van der Waals surface area contributed by atoms with Gasteiger partial charge in [-0.05, 0) is 35.7 Å². The topological polar surface area (TPSA) is 78.5 Å². The number of H-pyrrole nitrogens is 1. The number of fused-ring (bicyclic) bond motifs is 1.